The number of benzene rings is 1. The number of ether oxygens (including phenoxy) is 1. The zero-order chi connectivity index (χ0) is 13.1. The summed E-state index contributed by atoms with van der Waals surface area (Å²) in [6.45, 7) is 3.67. The quantitative estimate of drug-likeness (QED) is 0.811. The van der Waals surface area contributed by atoms with Gasteiger partial charge >= 0.3 is 0 Å². The molecule has 0 spiro atoms. The molecule has 0 fully saturated rings. The largest absolute Gasteiger partial charge is 0.543 e. The second kappa shape index (κ2) is 4.91. The van der Waals surface area contributed by atoms with E-state index >= 15 is 0 Å². The highest BCUT2D eigenvalue weighted by molar-refractivity contribution is 5.85. The molecule has 0 aliphatic rings. The lowest BCUT2D eigenvalue weighted by atomic mass is 10.2. The maximum absolute atomic E-state index is 10.8. The van der Waals surface area contributed by atoms with Gasteiger partial charge in [-0.15, -0.1) is 0 Å². The molecule has 0 atom stereocenters. The summed E-state index contributed by atoms with van der Waals surface area (Å²) in [6.07, 6.45) is 0. The zero-order valence-electron chi connectivity index (χ0n) is 10.1. The van der Waals surface area contributed by atoms with E-state index in [1.165, 1.54) is 0 Å². The van der Waals surface area contributed by atoms with Crippen molar-refractivity contribution in [1.29, 1.82) is 0 Å². The molecule has 1 heterocycles. The van der Waals surface area contributed by atoms with E-state index in [0.717, 1.165) is 5.56 Å². The number of hydrogen-bond acceptors (Lipinski definition) is 5. The third-order valence-electron chi connectivity index (χ3n) is 2.55. The van der Waals surface area contributed by atoms with Crippen LogP contribution in [0, 0.1) is 13.8 Å². The highest BCUT2D eigenvalue weighted by Gasteiger charge is 2.14. The first-order chi connectivity index (χ1) is 8.58. The number of carbonyl (C=O) groups excluding carboxylic acids is 1. The molecule has 5 heteroatoms. The maximum atomic E-state index is 10.8. The number of carbonyl (C=O) groups is 1. The number of aromatic carboxylic acids is 1. The third-order valence-corrected chi connectivity index (χ3v) is 2.55. The number of rotatable bonds is 4. The van der Waals surface area contributed by atoms with Crippen molar-refractivity contribution in [2.45, 2.75) is 20.5 Å². The van der Waals surface area contributed by atoms with Gasteiger partial charge in [0.25, 0.3) is 0 Å². The van der Waals surface area contributed by atoms with Crippen LogP contribution < -0.4 is 9.84 Å². The van der Waals surface area contributed by atoms with Crippen LogP contribution >= 0.6 is 0 Å². The van der Waals surface area contributed by atoms with Crippen LogP contribution in [0.2, 0.25) is 0 Å². The molecule has 0 bridgehead atoms. The summed E-state index contributed by atoms with van der Waals surface area (Å²) in [4.78, 5) is 10.8. The lowest BCUT2D eigenvalue weighted by Gasteiger charge is -2.07. The fourth-order valence-corrected chi connectivity index (χ4v) is 1.58. The average molecular weight is 246 g/mol. The van der Waals surface area contributed by atoms with Crippen LogP contribution in [-0.2, 0) is 6.61 Å². The van der Waals surface area contributed by atoms with Gasteiger partial charge in [0.05, 0.1) is 11.5 Å². The van der Waals surface area contributed by atoms with Crippen molar-refractivity contribution in [3.63, 3.8) is 0 Å². The summed E-state index contributed by atoms with van der Waals surface area (Å²) < 4.78 is 10.3. The highest BCUT2D eigenvalue weighted by Crippen LogP contribution is 2.18. The van der Waals surface area contributed by atoms with Crippen molar-refractivity contribution in [3.05, 3.63) is 46.8 Å². The molecule has 0 N–H and O–H groups in total. The van der Waals surface area contributed by atoms with Crippen LogP contribution in [0.1, 0.15) is 27.4 Å². The number of carboxylic acid groups (broad SMARTS) is 1. The first kappa shape index (κ1) is 12.2. The number of carboxylic acids is 1. The molecule has 5 nitrogen and oxygen atoms in total. The Morgan fingerprint density at radius 3 is 2.89 bits per heavy atom. The Kier molecular flexibility index (Phi) is 3.32. The van der Waals surface area contributed by atoms with Crippen LogP contribution in [-0.4, -0.2) is 11.1 Å². The average Bonchev–Trinajstić information content (AvgIpc) is 2.68. The molecular formula is C13H12NO4-. The number of hydrogen-bond donors (Lipinski definition) is 0. The van der Waals surface area contributed by atoms with Crippen molar-refractivity contribution in [2.24, 2.45) is 0 Å². The van der Waals surface area contributed by atoms with Crippen molar-refractivity contribution in [3.8, 4) is 5.75 Å². The smallest absolute Gasteiger partial charge is 0.140 e. The Labute approximate surface area is 104 Å². The monoisotopic (exact) mass is 246 g/mol. The molecule has 1 aromatic carbocycles. The van der Waals surface area contributed by atoms with Gasteiger partial charge in [-0.05, 0) is 31.5 Å². The first-order valence-corrected chi connectivity index (χ1v) is 5.44. The Balaban J connectivity index is 2.15. The Bertz CT molecular complexity index is 574. The second-order valence-electron chi connectivity index (χ2n) is 3.96. The fraction of sp³-hybridized carbons (Fsp3) is 0.231. The first-order valence-electron chi connectivity index (χ1n) is 5.44. The summed E-state index contributed by atoms with van der Waals surface area (Å²) >= 11 is 0. The molecule has 2 rings (SSSR count). The number of nitrogens with zero attached hydrogens (tertiary/aromatic N) is 1. The molecule has 0 aliphatic carbocycles. The molecule has 2 aromatic rings. The lowest BCUT2D eigenvalue weighted by Crippen LogP contribution is -2.24. The van der Waals surface area contributed by atoms with Gasteiger partial charge in [0.2, 0.25) is 0 Å². The number of aromatic nitrogens is 1. The van der Waals surface area contributed by atoms with Crippen LogP contribution in [0.3, 0.4) is 0 Å². The summed E-state index contributed by atoms with van der Waals surface area (Å²) in [5.41, 5.74) is 1.26. The van der Waals surface area contributed by atoms with Crippen molar-refractivity contribution < 1.29 is 19.2 Å². The Morgan fingerprint density at radius 1 is 1.44 bits per heavy atom. The van der Waals surface area contributed by atoms with Gasteiger partial charge in [-0.3, -0.25) is 0 Å². The van der Waals surface area contributed by atoms with E-state index in [2.05, 4.69) is 5.16 Å². The lowest BCUT2D eigenvalue weighted by molar-refractivity contribution is -0.255. The van der Waals surface area contributed by atoms with Gasteiger partial charge in [0.15, 0.2) is 0 Å². The van der Waals surface area contributed by atoms with E-state index in [4.69, 9.17) is 9.26 Å². The van der Waals surface area contributed by atoms with Crippen molar-refractivity contribution in [1.82, 2.24) is 5.16 Å². The predicted octanol–water partition coefficient (Wildman–Crippen LogP) is 1.23. The van der Waals surface area contributed by atoms with E-state index in [-0.39, 0.29) is 12.3 Å². The summed E-state index contributed by atoms with van der Waals surface area (Å²) in [7, 11) is 0. The van der Waals surface area contributed by atoms with Crippen molar-refractivity contribution in [2.75, 3.05) is 0 Å². The van der Waals surface area contributed by atoms with Crippen molar-refractivity contribution >= 4 is 5.97 Å². The second-order valence-corrected chi connectivity index (χ2v) is 3.96. The Morgan fingerprint density at radius 2 is 2.22 bits per heavy atom. The molecule has 0 aliphatic heterocycles. The molecule has 0 unspecified atom stereocenters. The van der Waals surface area contributed by atoms with E-state index in [0.29, 0.717) is 17.1 Å². The molecule has 0 amide bonds. The van der Waals surface area contributed by atoms with Gasteiger partial charge in [-0.2, -0.15) is 0 Å². The highest BCUT2D eigenvalue weighted by atomic mass is 16.5. The molecule has 1 aromatic heterocycles. The molecular weight excluding hydrogens is 234 g/mol. The topological polar surface area (TPSA) is 75.4 Å². The van der Waals surface area contributed by atoms with Crippen LogP contribution in [0.15, 0.2) is 28.8 Å². The third kappa shape index (κ3) is 2.51. The molecule has 0 radical (unpaired) electrons. The van der Waals surface area contributed by atoms with Crippen LogP contribution in [0.25, 0.3) is 0 Å². The van der Waals surface area contributed by atoms with E-state index in [1.807, 2.05) is 25.1 Å². The van der Waals surface area contributed by atoms with E-state index in [9.17, 15) is 9.90 Å². The van der Waals surface area contributed by atoms with Gasteiger partial charge in [0, 0.05) is 0 Å². The minimum atomic E-state index is -1.37. The van der Waals surface area contributed by atoms with Crippen LogP contribution in [0.5, 0.6) is 5.75 Å². The SMILES string of the molecule is Cc1cccc(OCc2c(C(=O)[O-])noc2C)c1. The summed E-state index contributed by atoms with van der Waals surface area (Å²) in [6, 6.07) is 7.48. The van der Waals surface area contributed by atoms with Gasteiger partial charge < -0.3 is 19.2 Å². The Hall–Kier alpha value is -2.30. The molecule has 18 heavy (non-hydrogen) atoms. The molecule has 0 saturated heterocycles. The van der Waals surface area contributed by atoms with Crippen LogP contribution in [0.4, 0.5) is 0 Å². The predicted molar refractivity (Wildman–Crippen MR) is 61.1 cm³/mol. The van der Waals surface area contributed by atoms with Gasteiger partial charge in [0.1, 0.15) is 23.8 Å². The minimum Gasteiger partial charge on any atom is -0.543 e. The zero-order valence-corrected chi connectivity index (χ0v) is 10.1. The van der Waals surface area contributed by atoms with E-state index in [1.54, 1.807) is 13.0 Å². The fourth-order valence-electron chi connectivity index (χ4n) is 1.58. The molecule has 94 valence electrons. The molecule has 0 saturated carbocycles. The maximum Gasteiger partial charge on any atom is 0.140 e. The standard InChI is InChI=1S/C13H13NO4/c1-8-4-3-5-10(6-8)17-7-11-9(2)18-14-12(11)13(15)16/h3-6H,7H2,1-2H3,(H,15,16)/p-1. The minimum absolute atomic E-state index is 0.0854. The van der Waals surface area contributed by atoms with Gasteiger partial charge in [-0.25, -0.2) is 0 Å². The number of aryl methyl sites for hydroxylation is 2. The summed E-state index contributed by atoms with van der Waals surface area (Å²) in [5, 5.41) is 14.2. The normalized spacial score (nSPS) is 10.3. The summed E-state index contributed by atoms with van der Waals surface area (Å²) in [5.74, 6) is -0.281. The van der Waals surface area contributed by atoms with E-state index < -0.39 is 5.97 Å². The van der Waals surface area contributed by atoms with Gasteiger partial charge in [-0.1, -0.05) is 17.3 Å².